The van der Waals surface area contributed by atoms with Crippen LogP contribution < -0.4 is 5.32 Å². The Balaban J connectivity index is 2.24. The Hall–Kier alpha value is -0.970. The monoisotopic (exact) mass is 208 g/mol. The summed E-state index contributed by atoms with van der Waals surface area (Å²) in [5, 5.41) is 12.7. The van der Waals surface area contributed by atoms with Crippen molar-refractivity contribution in [3.05, 3.63) is 30.1 Å². The van der Waals surface area contributed by atoms with Gasteiger partial charge in [0.2, 0.25) is 0 Å². The topological polar surface area (TPSA) is 54.4 Å². The average molecular weight is 208 g/mol. The molecule has 0 saturated carbocycles. The van der Waals surface area contributed by atoms with Crippen LogP contribution in [-0.4, -0.2) is 37.0 Å². The highest BCUT2D eigenvalue weighted by molar-refractivity contribution is 5.14. The third-order valence-corrected chi connectivity index (χ3v) is 2.98. The first-order chi connectivity index (χ1) is 7.32. The van der Waals surface area contributed by atoms with Crippen LogP contribution in [0.3, 0.4) is 0 Å². The summed E-state index contributed by atoms with van der Waals surface area (Å²) in [4.78, 5) is 4.32. The van der Waals surface area contributed by atoms with Crippen LogP contribution in [-0.2, 0) is 4.74 Å². The summed E-state index contributed by atoms with van der Waals surface area (Å²) in [5.41, 5.74) is 0.751. The predicted molar refractivity (Wildman–Crippen MR) is 56.4 cm³/mol. The van der Waals surface area contributed by atoms with E-state index >= 15 is 0 Å². The molecule has 0 aliphatic carbocycles. The SMILES string of the molecule is CNC(c1ccccn1)C1(CO)COC1. The van der Waals surface area contributed by atoms with E-state index in [4.69, 9.17) is 4.74 Å². The second-order valence-corrected chi connectivity index (χ2v) is 3.99. The average Bonchev–Trinajstić information content (AvgIpc) is 2.24. The number of aliphatic hydroxyl groups excluding tert-OH is 1. The van der Waals surface area contributed by atoms with E-state index in [-0.39, 0.29) is 18.1 Å². The van der Waals surface area contributed by atoms with E-state index in [1.807, 2.05) is 25.2 Å². The fraction of sp³-hybridized carbons (Fsp3) is 0.545. The lowest BCUT2D eigenvalue weighted by atomic mass is 9.77. The van der Waals surface area contributed by atoms with Crippen molar-refractivity contribution in [1.82, 2.24) is 10.3 Å². The number of pyridine rings is 1. The molecule has 4 nitrogen and oxygen atoms in total. The van der Waals surface area contributed by atoms with Gasteiger partial charge in [0, 0.05) is 6.20 Å². The highest BCUT2D eigenvalue weighted by atomic mass is 16.5. The summed E-state index contributed by atoms with van der Waals surface area (Å²) in [6.45, 7) is 1.30. The van der Waals surface area contributed by atoms with Gasteiger partial charge >= 0.3 is 0 Å². The van der Waals surface area contributed by atoms with Crippen molar-refractivity contribution < 1.29 is 9.84 Å². The molecule has 1 unspecified atom stereocenters. The Bertz CT molecular complexity index is 306. The summed E-state index contributed by atoms with van der Waals surface area (Å²) in [7, 11) is 1.88. The van der Waals surface area contributed by atoms with Crippen molar-refractivity contribution in [3.63, 3.8) is 0 Å². The van der Waals surface area contributed by atoms with Crippen molar-refractivity contribution in [2.75, 3.05) is 26.9 Å². The molecule has 2 rings (SSSR count). The molecular formula is C11H16N2O2. The molecule has 1 fully saturated rings. The molecule has 1 atom stereocenters. The maximum atomic E-state index is 9.45. The van der Waals surface area contributed by atoms with E-state index in [2.05, 4.69) is 10.3 Å². The highest BCUT2D eigenvalue weighted by Gasteiger charge is 2.46. The molecule has 0 spiro atoms. The van der Waals surface area contributed by atoms with Crippen molar-refractivity contribution in [2.45, 2.75) is 6.04 Å². The van der Waals surface area contributed by atoms with Gasteiger partial charge in [0.1, 0.15) is 0 Å². The van der Waals surface area contributed by atoms with Crippen LogP contribution in [0.1, 0.15) is 11.7 Å². The van der Waals surface area contributed by atoms with Crippen LogP contribution in [0.25, 0.3) is 0 Å². The maximum Gasteiger partial charge on any atom is 0.0616 e. The minimum atomic E-state index is -0.205. The molecule has 1 aromatic heterocycles. The van der Waals surface area contributed by atoms with E-state index in [1.54, 1.807) is 6.20 Å². The zero-order valence-corrected chi connectivity index (χ0v) is 8.81. The Morgan fingerprint density at radius 1 is 1.60 bits per heavy atom. The molecule has 1 aliphatic heterocycles. The lowest BCUT2D eigenvalue weighted by molar-refractivity contribution is -0.156. The summed E-state index contributed by atoms with van der Waals surface area (Å²) in [6, 6.07) is 5.87. The standard InChI is InChI=1S/C11H16N2O2/c1-12-10(9-4-2-3-5-13-9)11(6-14)7-15-8-11/h2-5,10,12,14H,6-8H2,1H3. The molecule has 15 heavy (non-hydrogen) atoms. The molecule has 1 aliphatic rings. The van der Waals surface area contributed by atoms with E-state index in [0.29, 0.717) is 13.2 Å². The third kappa shape index (κ3) is 1.76. The summed E-state index contributed by atoms with van der Waals surface area (Å²) < 4.78 is 5.21. The molecule has 0 aromatic carbocycles. The number of ether oxygens (including phenoxy) is 1. The molecule has 1 aromatic rings. The third-order valence-electron chi connectivity index (χ3n) is 2.98. The smallest absolute Gasteiger partial charge is 0.0616 e. The van der Waals surface area contributed by atoms with Crippen molar-refractivity contribution >= 4 is 0 Å². The quantitative estimate of drug-likeness (QED) is 0.749. The van der Waals surface area contributed by atoms with Gasteiger partial charge in [-0.25, -0.2) is 0 Å². The molecule has 0 radical (unpaired) electrons. The zero-order valence-electron chi connectivity index (χ0n) is 8.81. The Morgan fingerprint density at radius 3 is 2.80 bits per heavy atom. The first kappa shape index (κ1) is 10.5. The highest BCUT2D eigenvalue weighted by Crippen LogP contribution is 2.39. The van der Waals surface area contributed by atoms with E-state index < -0.39 is 0 Å². The van der Waals surface area contributed by atoms with Gasteiger partial charge in [0.25, 0.3) is 0 Å². The maximum absolute atomic E-state index is 9.45. The number of aromatic nitrogens is 1. The van der Waals surface area contributed by atoms with Gasteiger partial charge in [-0.2, -0.15) is 0 Å². The fourth-order valence-electron chi connectivity index (χ4n) is 2.03. The van der Waals surface area contributed by atoms with E-state index in [1.165, 1.54) is 0 Å². The van der Waals surface area contributed by atoms with Crippen LogP contribution in [0, 0.1) is 5.41 Å². The van der Waals surface area contributed by atoms with Crippen molar-refractivity contribution in [1.29, 1.82) is 0 Å². The van der Waals surface area contributed by atoms with E-state index in [9.17, 15) is 5.11 Å². The number of aliphatic hydroxyl groups is 1. The van der Waals surface area contributed by atoms with E-state index in [0.717, 1.165) is 5.69 Å². The number of nitrogens with one attached hydrogen (secondary N) is 1. The number of nitrogens with zero attached hydrogens (tertiary/aromatic N) is 1. The van der Waals surface area contributed by atoms with Crippen LogP contribution in [0.2, 0.25) is 0 Å². The zero-order chi connectivity index (χ0) is 10.7. The normalized spacial score (nSPS) is 20.7. The van der Waals surface area contributed by atoms with Gasteiger partial charge in [-0.15, -0.1) is 0 Å². The van der Waals surface area contributed by atoms with Gasteiger partial charge in [0.05, 0.1) is 37.0 Å². The summed E-state index contributed by atoms with van der Waals surface area (Å²) in [5.74, 6) is 0. The first-order valence-electron chi connectivity index (χ1n) is 5.09. The molecule has 2 heterocycles. The van der Waals surface area contributed by atoms with Gasteiger partial charge in [-0.3, -0.25) is 4.98 Å². The molecule has 0 bridgehead atoms. The molecule has 0 amide bonds. The second-order valence-electron chi connectivity index (χ2n) is 3.99. The Morgan fingerprint density at radius 2 is 2.40 bits per heavy atom. The summed E-state index contributed by atoms with van der Waals surface area (Å²) >= 11 is 0. The molecular weight excluding hydrogens is 192 g/mol. The summed E-state index contributed by atoms with van der Waals surface area (Å²) in [6.07, 6.45) is 1.77. The largest absolute Gasteiger partial charge is 0.396 e. The number of hydrogen-bond acceptors (Lipinski definition) is 4. The second kappa shape index (κ2) is 4.26. The van der Waals surface area contributed by atoms with Gasteiger partial charge in [-0.05, 0) is 19.2 Å². The number of hydrogen-bond donors (Lipinski definition) is 2. The van der Waals surface area contributed by atoms with Crippen LogP contribution in [0.15, 0.2) is 24.4 Å². The Labute approximate surface area is 89.3 Å². The number of rotatable bonds is 4. The van der Waals surface area contributed by atoms with Crippen LogP contribution in [0.4, 0.5) is 0 Å². The predicted octanol–water partition coefficient (Wildman–Crippen LogP) is 0.351. The molecule has 2 N–H and O–H groups in total. The molecule has 1 saturated heterocycles. The minimum Gasteiger partial charge on any atom is -0.396 e. The fourth-order valence-corrected chi connectivity index (χ4v) is 2.03. The van der Waals surface area contributed by atoms with Crippen LogP contribution in [0.5, 0.6) is 0 Å². The Kier molecular flexibility index (Phi) is 3.00. The molecule has 82 valence electrons. The van der Waals surface area contributed by atoms with Crippen molar-refractivity contribution in [2.24, 2.45) is 5.41 Å². The van der Waals surface area contributed by atoms with Gasteiger partial charge < -0.3 is 15.2 Å². The lowest BCUT2D eigenvalue weighted by Crippen LogP contribution is -2.53. The first-order valence-corrected chi connectivity index (χ1v) is 5.09. The van der Waals surface area contributed by atoms with Crippen LogP contribution >= 0.6 is 0 Å². The van der Waals surface area contributed by atoms with Gasteiger partial charge in [0.15, 0.2) is 0 Å². The van der Waals surface area contributed by atoms with Gasteiger partial charge in [-0.1, -0.05) is 6.07 Å². The molecule has 4 heteroatoms. The minimum absolute atomic E-state index is 0.0532. The van der Waals surface area contributed by atoms with Crippen molar-refractivity contribution in [3.8, 4) is 0 Å². The lowest BCUT2D eigenvalue weighted by Gasteiger charge is -2.45.